The number of rotatable bonds is 6. The minimum atomic E-state index is -0.334. The molecule has 0 atom stereocenters. The summed E-state index contributed by atoms with van der Waals surface area (Å²) in [4.78, 5) is 32.1. The van der Waals surface area contributed by atoms with Gasteiger partial charge in [-0.25, -0.2) is 4.79 Å². The summed E-state index contributed by atoms with van der Waals surface area (Å²) in [6.07, 6.45) is 1.28. The number of aromatic nitrogens is 1. The van der Waals surface area contributed by atoms with E-state index in [9.17, 15) is 9.59 Å². The van der Waals surface area contributed by atoms with Crippen molar-refractivity contribution in [3.63, 3.8) is 0 Å². The van der Waals surface area contributed by atoms with Crippen molar-refractivity contribution in [1.29, 1.82) is 0 Å². The lowest BCUT2D eigenvalue weighted by Gasteiger charge is -2.33. The van der Waals surface area contributed by atoms with Gasteiger partial charge in [0.05, 0.1) is 13.2 Å². The molecule has 1 aromatic carbocycles. The highest BCUT2D eigenvalue weighted by atomic mass is 16.6. The number of carbonyl (C=O) groups excluding carboxylic acids is 2. The Hall–Kier alpha value is -3.29. The molecule has 2 aromatic rings. The van der Waals surface area contributed by atoms with Gasteiger partial charge in [-0.05, 0) is 50.2 Å². The Bertz CT molecular complexity index is 833. The van der Waals surface area contributed by atoms with Crippen LogP contribution in [0.4, 0.5) is 16.2 Å². The molecule has 0 spiro atoms. The second-order valence-corrected chi connectivity index (χ2v) is 6.49. The fraction of sp³-hybridized carbons (Fsp3) is 0.381. The zero-order valence-electron chi connectivity index (χ0n) is 16.8. The Morgan fingerprint density at radius 3 is 2.31 bits per heavy atom. The van der Waals surface area contributed by atoms with Crippen LogP contribution in [0.2, 0.25) is 0 Å². The molecule has 1 aliphatic heterocycles. The number of anilines is 2. The fourth-order valence-electron chi connectivity index (χ4n) is 3.06. The van der Waals surface area contributed by atoms with Gasteiger partial charge in [0.15, 0.2) is 0 Å². The number of hydrogen-bond donors (Lipinski definition) is 1. The number of carbonyl (C=O) groups is 2. The summed E-state index contributed by atoms with van der Waals surface area (Å²) in [6.45, 7) is 6.50. The second-order valence-electron chi connectivity index (χ2n) is 6.49. The van der Waals surface area contributed by atoms with Gasteiger partial charge in [-0.15, -0.1) is 0 Å². The smallest absolute Gasteiger partial charge is 0.409 e. The van der Waals surface area contributed by atoms with Gasteiger partial charge in [-0.3, -0.25) is 9.78 Å². The first-order valence-electron chi connectivity index (χ1n) is 9.77. The molecule has 2 amide bonds. The van der Waals surface area contributed by atoms with Crippen molar-refractivity contribution in [3.8, 4) is 5.75 Å². The molecule has 0 unspecified atom stereocenters. The lowest BCUT2D eigenvalue weighted by atomic mass is 10.2. The molecule has 3 rings (SSSR count). The van der Waals surface area contributed by atoms with Gasteiger partial charge in [0.2, 0.25) is 0 Å². The Labute approximate surface area is 170 Å². The predicted molar refractivity (Wildman–Crippen MR) is 110 cm³/mol. The summed E-state index contributed by atoms with van der Waals surface area (Å²) in [6, 6.07) is 11.2. The van der Waals surface area contributed by atoms with Crippen molar-refractivity contribution in [3.05, 3.63) is 48.3 Å². The van der Waals surface area contributed by atoms with Crippen molar-refractivity contribution in [1.82, 2.24) is 14.8 Å². The number of piperazine rings is 1. The number of benzene rings is 1. The molecule has 8 nitrogen and oxygen atoms in total. The van der Waals surface area contributed by atoms with Crippen LogP contribution >= 0.6 is 0 Å². The average Bonchev–Trinajstić information content (AvgIpc) is 2.75. The average molecular weight is 398 g/mol. The highest BCUT2D eigenvalue weighted by Gasteiger charge is 2.26. The SMILES string of the molecule is CCOC(=O)N1CCN(C(=O)c2cc(Nc3ccc(OCC)cc3)ccn2)CC1. The quantitative estimate of drug-likeness (QED) is 0.805. The van der Waals surface area contributed by atoms with E-state index in [1.165, 1.54) is 0 Å². The summed E-state index contributed by atoms with van der Waals surface area (Å²) in [5.74, 6) is 0.662. The van der Waals surface area contributed by atoms with Crippen molar-refractivity contribution in [2.75, 3.05) is 44.7 Å². The first kappa shape index (κ1) is 20.4. The third kappa shape index (κ3) is 5.37. The van der Waals surface area contributed by atoms with E-state index < -0.39 is 0 Å². The van der Waals surface area contributed by atoms with E-state index in [1.807, 2.05) is 37.3 Å². The first-order valence-corrected chi connectivity index (χ1v) is 9.77. The minimum Gasteiger partial charge on any atom is -0.494 e. The minimum absolute atomic E-state index is 0.149. The van der Waals surface area contributed by atoms with Crippen LogP contribution in [0.15, 0.2) is 42.6 Å². The van der Waals surface area contributed by atoms with Crippen LogP contribution in [-0.2, 0) is 4.74 Å². The Morgan fingerprint density at radius 2 is 1.66 bits per heavy atom. The van der Waals surface area contributed by atoms with E-state index in [0.29, 0.717) is 45.1 Å². The van der Waals surface area contributed by atoms with Crippen LogP contribution in [0, 0.1) is 0 Å². The topological polar surface area (TPSA) is 84.0 Å². The number of pyridine rings is 1. The van der Waals surface area contributed by atoms with Gasteiger partial charge in [-0.2, -0.15) is 0 Å². The summed E-state index contributed by atoms with van der Waals surface area (Å²) in [5.41, 5.74) is 2.03. The Kier molecular flexibility index (Phi) is 6.89. The van der Waals surface area contributed by atoms with Crippen LogP contribution < -0.4 is 10.1 Å². The number of hydrogen-bond acceptors (Lipinski definition) is 6. The van der Waals surface area contributed by atoms with Crippen LogP contribution in [0.25, 0.3) is 0 Å². The van der Waals surface area contributed by atoms with Crippen LogP contribution in [0.1, 0.15) is 24.3 Å². The van der Waals surface area contributed by atoms with Crippen molar-refractivity contribution in [2.24, 2.45) is 0 Å². The van der Waals surface area contributed by atoms with Crippen LogP contribution in [0.3, 0.4) is 0 Å². The molecule has 1 aliphatic rings. The predicted octanol–water partition coefficient (Wildman–Crippen LogP) is 3.14. The molecule has 8 heteroatoms. The molecule has 2 heterocycles. The van der Waals surface area contributed by atoms with E-state index >= 15 is 0 Å². The van der Waals surface area contributed by atoms with Gasteiger partial charge in [0.25, 0.3) is 5.91 Å². The lowest BCUT2D eigenvalue weighted by molar-refractivity contribution is 0.0566. The number of ether oxygens (including phenoxy) is 2. The molecule has 154 valence electrons. The van der Waals surface area contributed by atoms with Gasteiger partial charge in [0, 0.05) is 43.8 Å². The molecule has 0 bridgehead atoms. The van der Waals surface area contributed by atoms with Crippen LogP contribution in [0.5, 0.6) is 5.75 Å². The Morgan fingerprint density at radius 1 is 0.966 bits per heavy atom. The summed E-state index contributed by atoms with van der Waals surface area (Å²) in [7, 11) is 0. The molecule has 29 heavy (non-hydrogen) atoms. The molecule has 1 saturated heterocycles. The lowest BCUT2D eigenvalue weighted by Crippen LogP contribution is -2.50. The summed E-state index contributed by atoms with van der Waals surface area (Å²) < 4.78 is 10.5. The molecule has 0 saturated carbocycles. The molecule has 0 aliphatic carbocycles. The number of amides is 2. The van der Waals surface area contributed by atoms with E-state index in [-0.39, 0.29) is 12.0 Å². The molecular formula is C21H26N4O4. The molecule has 0 radical (unpaired) electrons. The maximum atomic E-state index is 12.8. The third-order valence-electron chi connectivity index (χ3n) is 4.53. The highest BCUT2D eigenvalue weighted by molar-refractivity contribution is 5.93. The Balaban J connectivity index is 1.60. The standard InChI is InChI=1S/C21H26N4O4/c1-3-28-18-7-5-16(6-8-18)23-17-9-10-22-19(15-17)20(26)24-11-13-25(14-12-24)21(27)29-4-2/h5-10,15H,3-4,11-14H2,1-2H3,(H,22,23). The van der Waals surface area contributed by atoms with Crippen molar-refractivity contribution in [2.45, 2.75) is 13.8 Å². The van der Waals surface area contributed by atoms with Gasteiger partial charge in [-0.1, -0.05) is 0 Å². The van der Waals surface area contributed by atoms with Crippen LogP contribution in [-0.4, -0.2) is 66.2 Å². The monoisotopic (exact) mass is 398 g/mol. The van der Waals surface area contributed by atoms with E-state index in [0.717, 1.165) is 17.1 Å². The van der Waals surface area contributed by atoms with Gasteiger partial charge < -0.3 is 24.6 Å². The van der Waals surface area contributed by atoms with Crippen molar-refractivity contribution >= 4 is 23.4 Å². The summed E-state index contributed by atoms with van der Waals surface area (Å²) in [5, 5.41) is 3.27. The summed E-state index contributed by atoms with van der Waals surface area (Å²) >= 11 is 0. The van der Waals surface area contributed by atoms with E-state index in [1.54, 1.807) is 29.0 Å². The number of nitrogens with one attached hydrogen (secondary N) is 1. The zero-order chi connectivity index (χ0) is 20.6. The third-order valence-corrected chi connectivity index (χ3v) is 4.53. The second kappa shape index (κ2) is 9.77. The zero-order valence-corrected chi connectivity index (χ0v) is 16.8. The normalized spacial score (nSPS) is 13.7. The largest absolute Gasteiger partial charge is 0.494 e. The first-order chi connectivity index (χ1) is 14.1. The molecule has 1 N–H and O–H groups in total. The van der Waals surface area contributed by atoms with E-state index in [2.05, 4.69) is 10.3 Å². The fourth-order valence-corrected chi connectivity index (χ4v) is 3.06. The maximum Gasteiger partial charge on any atom is 0.409 e. The molecule has 1 aromatic heterocycles. The van der Waals surface area contributed by atoms with Crippen molar-refractivity contribution < 1.29 is 19.1 Å². The van der Waals surface area contributed by atoms with Gasteiger partial charge in [0.1, 0.15) is 11.4 Å². The number of nitrogens with zero attached hydrogens (tertiary/aromatic N) is 3. The maximum absolute atomic E-state index is 12.8. The molecular weight excluding hydrogens is 372 g/mol. The van der Waals surface area contributed by atoms with Gasteiger partial charge >= 0.3 is 6.09 Å². The van der Waals surface area contributed by atoms with E-state index in [4.69, 9.17) is 9.47 Å². The highest BCUT2D eigenvalue weighted by Crippen LogP contribution is 2.21. The molecule has 1 fully saturated rings.